The molecule has 0 aromatic heterocycles. The highest BCUT2D eigenvalue weighted by atomic mass is 79.9. The van der Waals surface area contributed by atoms with E-state index in [4.69, 9.17) is 5.73 Å². The molecule has 1 atom stereocenters. The van der Waals surface area contributed by atoms with Gasteiger partial charge in [-0.15, -0.1) is 0 Å². The summed E-state index contributed by atoms with van der Waals surface area (Å²) in [6.07, 6.45) is 3.92. The van der Waals surface area contributed by atoms with Gasteiger partial charge in [-0.1, -0.05) is 28.8 Å². The van der Waals surface area contributed by atoms with Crippen molar-refractivity contribution in [2.24, 2.45) is 11.7 Å². The molecular formula is C13H18BrFN2. The van der Waals surface area contributed by atoms with E-state index in [-0.39, 0.29) is 11.9 Å². The summed E-state index contributed by atoms with van der Waals surface area (Å²) in [6.45, 7) is 1.43. The highest BCUT2D eigenvalue weighted by Crippen LogP contribution is 2.32. The molecule has 0 radical (unpaired) electrons. The van der Waals surface area contributed by atoms with Crippen molar-refractivity contribution in [1.29, 1.82) is 0 Å². The fourth-order valence-electron chi connectivity index (χ4n) is 1.97. The van der Waals surface area contributed by atoms with Gasteiger partial charge in [0.1, 0.15) is 5.82 Å². The zero-order valence-electron chi connectivity index (χ0n) is 9.76. The van der Waals surface area contributed by atoms with E-state index in [1.165, 1.54) is 25.3 Å². The standard InChI is InChI=1S/C13H18BrFN2/c14-12-4-3-10(15)7-11(12)13(8-16)17-6-5-9-1-2-9/h3-4,7,9,13,17H,1-2,5-6,8,16H2. The van der Waals surface area contributed by atoms with E-state index in [9.17, 15) is 4.39 Å². The van der Waals surface area contributed by atoms with E-state index in [2.05, 4.69) is 21.2 Å². The first-order valence-corrected chi connectivity index (χ1v) is 6.88. The third-order valence-corrected chi connectivity index (χ3v) is 3.93. The van der Waals surface area contributed by atoms with Crippen LogP contribution in [-0.2, 0) is 0 Å². The minimum absolute atomic E-state index is 0.0267. The van der Waals surface area contributed by atoms with Crippen molar-refractivity contribution in [1.82, 2.24) is 5.32 Å². The number of rotatable bonds is 6. The van der Waals surface area contributed by atoms with Crippen LogP contribution in [0.5, 0.6) is 0 Å². The van der Waals surface area contributed by atoms with E-state index in [1.807, 2.05) is 0 Å². The first-order chi connectivity index (χ1) is 8.20. The van der Waals surface area contributed by atoms with E-state index in [0.29, 0.717) is 6.54 Å². The average molecular weight is 301 g/mol. The van der Waals surface area contributed by atoms with Gasteiger partial charge >= 0.3 is 0 Å². The Balaban J connectivity index is 1.96. The van der Waals surface area contributed by atoms with E-state index >= 15 is 0 Å². The van der Waals surface area contributed by atoms with Gasteiger partial charge in [0.15, 0.2) is 0 Å². The highest BCUT2D eigenvalue weighted by Gasteiger charge is 2.21. The second kappa shape index (κ2) is 5.94. The monoisotopic (exact) mass is 300 g/mol. The minimum atomic E-state index is -0.217. The minimum Gasteiger partial charge on any atom is -0.329 e. The normalized spacial score (nSPS) is 17.1. The number of benzene rings is 1. The van der Waals surface area contributed by atoms with Crippen LogP contribution in [0.3, 0.4) is 0 Å². The van der Waals surface area contributed by atoms with Gasteiger partial charge in [-0.25, -0.2) is 4.39 Å². The van der Waals surface area contributed by atoms with Crippen LogP contribution in [0, 0.1) is 11.7 Å². The quantitative estimate of drug-likeness (QED) is 0.848. The molecule has 4 heteroatoms. The molecule has 94 valence electrons. The predicted octanol–water partition coefficient (Wildman–Crippen LogP) is 2.98. The summed E-state index contributed by atoms with van der Waals surface area (Å²) in [6, 6.07) is 4.76. The molecule has 1 saturated carbocycles. The third kappa shape index (κ3) is 3.76. The lowest BCUT2D eigenvalue weighted by Crippen LogP contribution is -2.29. The molecule has 0 spiro atoms. The van der Waals surface area contributed by atoms with Gasteiger partial charge in [-0.3, -0.25) is 0 Å². The van der Waals surface area contributed by atoms with Gasteiger partial charge in [0.05, 0.1) is 0 Å². The first kappa shape index (κ1) is 13.0. The van der Waals surface area contributed by atoms with E-state index in [1.54, 1.807) is 12.1 Å². The summed E-state index contributed by atoms with van der Waals surface area (Å²) in [5.41, 5.74) is 6.66. The van der Waals surface area contributed by atoms with Crippen LogP contribution in [0.2, 0.25) is 0 Å². The van der Waals surface area contributed by atoms with Crippen molar-refractivity contribution in [3.63, 3.8) is 0 Å². The van der Waals surface area contributed by atoms with Crippen molar-refractivity contribution in [3.05, 3.63) is 34.1 Å². The van der Waals surface area contributed by atoms with Gasteiger partial charge in [0.25, 0.3) is 0 Å². The maximum absolute atomic E-state index is 13.2. The molecule has 1 aliphatic rings. The molecule has 3 N–H and O–H groups in total. The fourth-order valence-corrected chi connectivity index (χ4v) is 2.49. The van der Waals surface area contributed by atoms with Gasteiger partial charge in [0, 0.05) is 17.1 Å². The number of halogens is 2. The molecule has 1 fully saturated rings. The zero-order chi connectivity index (χ0) is 12.3. The van der Waals surface area contributed by atoms with E-state index in [0.717, 1.165) is 22.5 Å². The van der Waals surface area contributed by atoms with Gasteiger partial charge in [-0.05, 0) is 42.6 Å². The Hall–Kier alpha value is -0.450. The zero-order valence-corrected chi connectivity index (χ0v) is 11.3. The molecule has 0 heterocycles. The summed E-state index contributed by atoms with van der Waals surface area (Å²) < 4.78 is 14.1. The summed E-state index contributed by atoms with van der Waals surface area (Å²) in [5.74, 6) is 0.683. The topological polar surface area (TPSA) is 38.0 Å². The van der Waals surface area contributed by atoms with Crippen molar-refractivity contribution < 1.29 is 4.39 Å². The Kier molecular flexibility index (Phi) is 4.54. The second-order valence-corrected chi connectivity index (χ2v) is 5.49. The van der Waals surface area contributed by atoms with Crippen LogP contribution in [-0.4, -0.2) is 13.1 Å². The lowest BCUT2D eigenvalue weighted by molar-refractivity contribution is 0.511. The number of hydrogen-bond acceptors (Lipinski definition) is 2. The van der Waals surface area contributed by atoms with Gasteiger partial charge < -0.3 is 11.1 Å². The summed E-state index contributed by atoms with van der Waals surface area (Å²) in [7, 11) is 0. The molecule has 17 heavy (non-hydrogen) atoms. The molecule has 0 saturated heterocycles. The number of nitrogens with one attached hydrogen (secondary N) is 1. The Morgan fingerprint density at radius 3 is 2.88 bits per heavy atom. The lowest BCUT2D eigenvalue weighted by Gasteiger charge is -2.18. The average Bonchev–Trinajstić information content (AvgIpc) is 3.12. The van der Waals surface area contributed by atoms with Crippen LogP contribution >= 0.6 is 15.9 Å². The molecule has 0 bridgehead atoms. The van der Waals surface area contributed by atoms with Crippen molar-refractivity contribution in [2.75, 3.05) is 13.1 Å². The molecule has 2 nitrogen and oxygen atoms in total. The number of hydrogen-bond donors (Lipinski definition) is 2. The summed E-state index contributed by atoms with van der Waals surface area (Å²) >= 11 is 3.44. The smallest absolute Gasteiger partial charge is 0.123 e. The largest absolute Gasteiger partial charge is 0.329 e. The SMILES string of the molecule is NCC(NCCC1CC1)c1cc(F)ccc1Br. The summed E-state index contributed by atoms with van der Waals surface area (Å²) in [5, 5.41) is 3.40. The van der Waals surface area contributed by atoms with Crippen LogP contribution in [0.1, 0.15) is 30.9 Å². The van der Waals surface area contributed by atoms with Crippen molar-refractivity contribution in [3.8, 4) is 0 Å². The molecule has 1 aromatic rings. The second-order valence-electron chi connectivity index (χ2n) is 4.64. The van der Waals surface area contributed by atoms with Crippen LogP contribution in [0.25, 0.3) is 0 Å². The van der Waals surface area contributed by atoms with Gasteiger partial charge in [-0.2, -0.15) is 0 Å². The highest BCUT2D eigenvalue weighted by molar-refractivity contribution is 9.10. The molecule has 1 aromatic carbocycles. The molecule has 1 aliphatic carbocycles. The van der Waals surface area contributed by atoms with Crippen LogP contribution < -0.4 is 11.1 Å². The van der Waals surface area contributed by atoms with Crippen LogP contribution in [0.4, 0.5) is 4.39 Å². The Labute approximate surface area is 110 Å². The molecule has 1 unspecified atom stereocenters. The van der Waals surface area contributed by atoms with Crippen molar-refractivity contribution >= 4 is 15.9 Å². The molecular weight excluding hydrogens is 283 g/mol. The Morgan fingerprint density at radius 2 is 2.24 bits per heavy atom. The Bertz CT molecular complexity index is 380. The Morgan fingerprint density at radius 1 is 1.47 bits per heavy atom. The molecule has 2 rings (SSSR count). The molecule has 0 aliphatic heterocycles. The first-order valence-electron chi connectivity index (χ1n) is 6.09. The van der Waals surface area contributed by atoms with Crippen LogP contribution in [0.15, 0.2) is 22.7 Å². The van der Waals surface area contributed by atoms with E-state index < -0.39 is 0 Å². The maximum Gasteiger partial charge on any atom is 0.123 e. The molecule has 0 amide bonds. The lowest BCUT2D eigenvalue weighted by atomic mass is 10.1. The number of nitrogens with two attached hydrogens (primary N) is 1. The fraction of sp³-hybridized carbons (Fsp3) is 0.538. The third-order valence-electron chi connectivity index (χ3n) is 3.21. The predicted molar refractivity (Wildman–Crippen MR) is 71.2 cm³/mol. The van der Waals surface area contributed by atoms with Crippen molar-refractivity contribution in [2.45, 2.75) is 25.3 Å². The maximum atomic E-state index is 13.2. The van der Waals surface area contributed by atoms with Gasteiger partial charge in [0.2, 0.25) is 0 Å². The summed E-state index contributed by atoms with van der Waals surface area (Å²) in [4.78, 5) is 0.